The molecule has 8 heteroatoms. The number of carbonyl (C=O) groups is 1. The Morgan fingerprint density at radius 2 is 2.43 bits per heavy atom. The zero-order valence-electron chi connectivity index (χ0n) is 12.3. The van der Waals surface area contributed by atoms with E-state index in [0.29, 0.717) is 31.3 Å². The van der Waals surface area contributed by atoms with E-state index in [1.807, 2.05) is 11.8 Å². The molecular weight excluding hydrogens is 274 g/mol. The van der Waals surface area contributed by atoms with Gasteiger partial charge in [0.2, 0.25) is 5.95 Å². The van der Waals surface area contributed by atoms with Gasteiger partial charge in [-0.25, -0.2) is 9.78 Å². The van der Waals surface area contributed by atoms with E-state index in [1.165, 1.54) is 6.07 Å². The number of nitrogens with zero attached hydrogens (tertiary/aromatic N) is 2. The summed E-state index contributed by atoms with van der Waals surface area (Å²) in [6.07, 6.45) is 0.815. The van der Waals surface area contributed by atoms with Crippen LogP contribution in [-0.2, 0) is 11.3 Å². The van der Waals surface area contributed by atoms with Crippen molar-refractivity contribution in [1.29, 1.82) is 0 Å². The minimum atomic E-state index is -0.202. The number of urea groups is 1. The highest BCUT2D eigenvalue weighted by Gasteiger charge is 2.25. The largest absolute Gasteiger partial charge is 0.378 e. The molecule has 21 heavy (non-hydrogen) atoms. The minimum Gasteiger partial charge on any atom is -0.378 e. The molecule has 8 nitrogen and oxygen atoms in total. The number of anilines is 1. The monoisotopic (exact) mass is 295 g/mol. The fourth-order valence-corrected chi connectivity index (χ4v) is 2.33. The van der Waals surface area contributed by atoms with Gasteiger partial charge in [-0.3, -0.25) is 9.78 Å². The number of aromatic nitrogens is 2. The fourth-order valence-electron chi connectivity index (χ4n) is 2.33. The first kappa shape index (κ1) is 15.3. The van der Waals surface area contributed by atoms with Gasteiger partial charge in [0.25, 0.3) is 5.56 Å². The Balaban J connectivity index is 2.00. The van der Waals surface area contributed by atoms with Crippen molar-refractivity contribution in [2.45, 2.75) is 26.0 Å². The van der Waals surface area contributed by atoms with E-state index in [0.717, 1.165) is 13.0 Å². The number of aromatic amines is 1. The number of hydrogen-bond donors (Lipinski definition) is 3. The molecule has 1 aromatic heterocycles. The third-order valence-corrected chi connectivity index (χ3v) is 3.23. The second-order valence-corrected chi connectivity index (χ2v) is 4.93. The number of amides is 2. The van der Waals surface area contributed by atoms with Gasteiger partial charge < -0.3 is 20.3 Å². The Kier molecular flexibility index (Phi) is 5.15. The van der Waals surface area contributed by atoms with Gasteiger partial charge in [-0.2, -0.15) is 0 Å². The quantitative estimate of drug-likeness (QED) is 0.699. The van der Waals surface area contributed by atoms with Gasteiger partial charge >= 0.3 is 6.03 Å². The Hall–Kier alpha value is -2.09. The summed E-state index contributed by atoms with van der Waals surface area (Å²) in [5.74, 6) is 0.523. The SMILES string of the molecule is CCNC(=O)NC1CCN(c2nc(COC)cc(=O)[nH]2)C1. The van der Waals surface area contributed by atoms with Crippen LogP contribution < -0.4 is 21.1 Å². The summed E-state index contributed by atoms with van der Waals surface area (Å²) in [4.78, 5) is 32.2. The molecule has 1 aliphatic rings. The predicted molar refractivity (Wildman–Crippen MR) is 78.4 cm³/mol. The summed E-state index contributed by atoms with van der Waals surface area (Å²) in [6.45, 7) is 4.12. The van der Waals surface area contributed by atoms with Crippen molar-refractivity contribution in [2.24, 2.45) is 0 Å². The molecule has 1 aromatic rings. The smallest absolute Gasteiger partial charge is 0.315 e. The van der Waals surface area contributed by atoms with Crippen LogP contribution in [0.5, 0.6) is 0 Å². The molecule has 0 saturated carbocycles. The van der Waals surface area contributed by atoms with Crippen molar-refractivity contribution >= 4 is 12.0 Å². The lowest BCUT2D eigenvalue weighted by molar-refractivity contribution is 0.181. The molecule has 2 rings (SSSR count). The maximum Gasteiger partial charge on any atom is 0.315 e. The predicted octanol–water partition coefficient (Wildman–Crippen LogP) is -0.186. The molecule has 116 valence electrons. The van der Waals surface area contributed by atoms with Crippen molar-refractivity contribution in [3.8, 4) is 0 Å². The molecule has 2 heterocycles. The van der Waals surface area contributed by atoms with Crippen LogP contribution in [0.3, 0.4) is 0 Å². The lowest BCUT2D eigenvalue weighted by atomic mass is 10.3. The molecule has 0 radical (unpaired) electrons. The first-order valence-electron chi connectivity index (χ1n) is 7.01. The van der Waals surface area contributed by atoms with Crippen LogP contribution in [-0.4, -0.2) is 48.8 Å². The zero-order valence-corrected chi connectivity index (χ0v) is 12.3. The van der Waals surface area contributed by atoms with Gasteiger partial charge in [-0.1, -0.05) is 0 Å². The zero-order chi connectivity index (χ0) is 15.2. The molecule has 0 aromatic carbocycles. The standard InChI is InChI=1S/C13H21N5O3/c1-3-14-13(20)16-9-4-5-18(7-9)12-15-10(8-21-2)6-11(19)17-12/h6,9H,3-5,7-8H2,1-2H3,(H2,14,16,20)(H,15,17,19). The molecule has 2 amide bonds. The molecule has 0 aliphatic carbocycles. The van der Waals surface area contributed by atoms with Crippen LogP contribution in [0.2, 0.25) is 0 Å². The van der Waals surface area contributed by atoms with Crippen molar-refractivity contribution in [2.75, 3.05) is 31.6 Å². The van der Waals surface area contributed by atoms with E-state index < -0.39 is 0 Å². The molecule has 3 N–H and O–H groups in total. The number of ether oxygens (including phenoxy) is 1. The maximum absolute atomic E-state index is 11.6. The normalized spacial score (nSPS) is 17.8. The van der Waals surface area contributed by atoms with Crippen molar-refractivity contribution in [3.05, 3.63) is 22.1 Å². The molecule has 1 atom stereocenters. The Morgan fingerprint density at radius 3 is 3.14 bits per heavy atom. The molecule has 1 aliphatic heterocycles. The number of rotatable bonds is 5. The maximum atomic E-state index is 11.6. The molecule has 1 fully saturated rings. The summed E-state index contributed by atoms with van der Waals surface area (Å²) in [7, 11) is 1.56. The van der Waals surface area contributed by atoms with Crippen molar-refractivity contribution in [3.63, 3.8) is 0 Å². The first-order chi connectivity index (χ1) is 10.1. The highest BCUT2D eigenvalue weighted by Crippen LogP contribution is 2.15. The van der Waals surface area contributed by atoms with Gasteiger partial charge in [0, 0.05) is 38.9 Å². The first-order valence-corrected chi connectivity index (χ1v) is 7.01. The summed E-state index contributed by atoms with van der Waals surface area (Å²) < 4.78 is 5.00. The van der Waals surface area contributed by atoms with Crippen LogP contribution in [0.15, 0.2) is 10.9 Å². The molecule has 0 bridgehead atoms. The molecule has 1 saturated heterocycles. The van der Waals surface area contributed by atoms with Gasteiger partial charge in [-0.15, -0.1) is 0 Å². The molecule has 1 unspecified atom stereocenters. The fraction of sp³-hybridized carbons (Fsp3) is 0.615. The number of hydrogen-bond acceptors (Lipinski definition) is 5. The van der Waals surface area contributed by atoms with Crippen LogP contribution >= 0.6 is 0 Å². The summed E-state index contributed by atoms with van der Waals surface area (Å²) in [5.41, 5.74) is 0.392. The van der Waals surface area contributed by atoms with Crippen molar-refractivity contribution < 1.29 is 9.53 Å². The Morgan fingerprint density at radius 1 is 1.62 bits per heavy atom. The van der Waals surface area contributed by atoms with Crippen LogP contribution in [0.4, 0.5) is 10.7 Å². The van der Waals surface area contributed by atoms with E-state index in [-0.39, 0.29) is 17.6 Å². The number of carbonyl (C=O) groups excluding carboxylic acids is 1. The van der Waals surface area contributed by atoms with Crippen LogP contribution in [0.1, 0.15) is 19.0 Å². The summed E-state index contributed by atoms with van der Waals surface area (Å²) in [6, 6.07) is 1.31. The lowest BCUT2D eigenvalue weighted by Crippen LogP contribution is -2.43. The number of H-pyrrole nitrogens is 1. The topological polar surface area (TPSA) is 99.3 Å². The van der Waals surface area contributed by atoms with E-state index in [2.05, 4.69) is 20.6 Å². The van der Waals surface area contributed by atoms with E-state index >= 15 is 0 Å². The number of methoxy groups -OCH3 is 1. The Labute approximate surface area is 122 Å². The average molecular weight is 295 g/mol. The van der Waals surface area contributed by atoms with Gasteiger partial charge in [0.1, 0.15) is 0 Å². The lowest BCUT2D eigenvalue weighted by Gasteiger charge is -2.18. The van der Waals surface area contributed by atoms with Gasteiger partial charge in [0.15, 0.2) is 0 Å². The third kappa shape index (κ3) is 4.19. The second-order valence-electron chi connectivity index (χ2n) is 4.93. The highest BCUT2D eigenvalue weighted by atomic mass is 16.5. The van der Waals surface area contributed by atoms with Gasteiger partial charge in [-0.05, 0) is 13.3 Å². The second kappa shape index (κ2) is 7.07. The summed E-state index contributed by atoms with van der Waals surface area (Å²) >= 11 is 0. The van der Waals surface area contributed by atoms with Gasteiger partial charge in [0.05, 0.1) is 12.3 Å². The van der Waals surface area contributed by atoms with Crippen LogP contribution in [0.25, 0.3) is 0 Å². The summed E-state index contributed by atoms with van der Waals surface area (Å²) in [5, 5.41) is 5.60. The van der Waals surface area contributed by atoms with E-state index in [1.54, 1.807) is 7.11 Å². The van der Waals surface area contributed by atoms with Crippen LogP contribution in [0, 0.1) is 0 Å². The minimum absolute atomic E-state index is 0.0490. The Bertz CT molecular complexity index is 545. The average Bonchev–Trinajstić information content (AvgIpc) is 2.87. The van der Waals surface area contributed by atoms with E-state index in [4.69, 9.17) is 4.74 Å². The molecular formula is C13H21N5O3. The molecule has 0 spiro atoms. The third-order valence-electron chi connectivity index (χ3n) is 3.23. The van der Waals surface area contributed by atoms with E-state index in [9.17, 15) is 9.59 Å². The number of nitrogens with one attached hydrogen (secondary N) is 3. The highest BCUT2D eigenvalue weighted by molar-refractivity contribution is 5.74. The van der Waals surface area contributed by atoms with Crippen molar-refractivity contribution in [1.82, 2.24) is 20.6 Å².